The first kappa shape index (κ1) is 18.8. The highest BCUT2D eigenvalue weighted by Crippen LogP contribution is 2.26. The number of sulfonamides is 1. The summed E-state index contributed by atoms with van der Waals surface area (Å²) in [5, 5.41) is 4.59. The van der Waals surface area contributed by atoms with Gasteiger partial charge in [0.1, 0.15) is 0 Å². The third-order valence-electron chi connectivity index (χ3n) is 4.35. The van der Waals surface area contributed by atoms with Crippen LogP contribution in [-0.4, -0.2) is 29.6 Å². The lowest BCUT2D eigenvalue weighted by molar-refractivity contribution is 0.464. The Morgan fingerprint density at radius 3 is 2.31 bits per heavy atom. The van der Waals surface area contributed by atoms with Gasteiger partial charge in [-0.05, 0) is 54.0 Å². The molecule has 136 valence electrons. The van der Waals surface area contributed by atoms with Gasteiger partial charge in [0.15, 0.2) is 0 Å². The van der Waals surface area contributed by atoms with Gasteiger partial charge in [0, 0.05) is 29.3 Å². The van der Waals surface area contributed by atoms with Crippen LogP contribution in [0.3, 0.4) is 0 Å². The van der Waals surface area contributed by atoms with E-state index in [4.69, 9.17) is 0 Å². The van der Waals surface area contributed by atoms with Gasteiger partial charge in [0.25, 0.3) is 0 Å². The number of hydrogen-bond donors (Lipinski definition) is 0. The average molecular weight is 434 g/mol. The zero-order valence-corrected chi connectivity index (χ0v) is 17.3. The number of halogens is 1. The molecule has 2 aromatic carbocycles. The predicted octanol–water partition coefficient (Wildman–Crippen LogP) is 4.07. The van der Waals surface area contributed by atoms with Crippen molar-refractivity contribution in [1.82, 2.24) is 14.1 Å². The van der Waals surface area contributed by atoms with Crippen LogP contribution in [0.15, 0.2) is 64.0 Å². The SMILES string of the molecule is Cc1nn(-c2ccccc2)c(C)c1CN(C)S(=O)(=O)c1ccccc1Br. The monoisotopic (exact) mass is 433 g/mol. The van der Waals surface area contributed by atoms with E-state index in [1.165, 1.54) is 4.31 Å². The van der Waals surface area contributed by atoms with Gasteiger partial charge in [-0.2, -0.15) is 9.40 Å². The second kappa shape index (κ2) is 7.34. The van der Waals surface area contributed by atoms with E-state index in [1.54, 1.807) is 31.3 Å². The topological polar surface area (TPSA) is 55.2 Å². The van der Waals surface area contributed by atoms with E-state index in [9.17, 15) is 8.42 Å². The quantitative estimate of drug-likeness (QED) is 0.609. The maximum absolute atomic E-state index is 12.9. The van der Waals surface area contributed by atoms with Gasteiger partial charge in [-0.3, -0.25) is 0 Å². The first-order chi connectivity index (χ1) is 12.3. The highest BCUT2D eigenvalue weighted by atomic mass is 79.9. The van der Waals surface area contributed by atoms with Crippen LogP contribution in [0.5, 0.6) is 0 Å². The molecule has 0 unspecified atom stereocenters. The first-order valence-corrected chi connectivity index (χ1v) is 10.4. The molecule has 0 radical (unpaired) electrons. The molecular formula is C19H20BrN3O2S. The molecule has 0 bridgehead atoms. The predicted molar refractivity (Wildman–Crippen MR) is 106 cm³/mol. The molecule has 0 fully saturated rings. The molecule has 3 rings (SSSR count). The standard InChI is InChI=1S/C19H20BrN3O2S/c1-14-17(15(2)23(21-14)16-9-5-4-6-10-16)13-22(3)26(24,25)19-12-8-7-11-18(19)20/h4-12H,13H2,1-3H3. The van der Waals surface area contributed by atoms with Crippen molar-refractivity contribution in [2.45, 2.75) is 25.3 Å². The molecule has 0 spiro atoms. The number of nitrogens with zero attached hydrogens (tertiary/aromatic N) is 3. The minimum atomic E-state index is -3.61. The van der Waals surface area contributed by atoms with Gasteiger partial charge < -0.3 is 0 Å². The Morgan fingerprint density at radius 2 is 1.65 bits per heavy atom. The van der Waals surface area contributed by atoms with Crippen LogP contribution in [0.25, 0.3) is 5.69 Å². The molecule has 0 aliphatic carbocycles. The third kappa shape index (κ3) is 3.47. The van der Waals surface area contributed by atoms with Crippen molar-refractivity contribution in [3.8, 4) is 5.69 Å². The van der Waals surface area contributed by atoms with Gasteiger partial charge >= 0.3 is 0 Å². The molecule has 26 heavy (non-hydrogen) atoms. The zero-order valence-electron chi connectivity index (χ0n) is 14.8. The lowest BCUT2D eigenvalue weighted by atomic mass is 10.2. The first-order valence-electron chi connectivity index (χ1n) is 8.13. The minimum Gasteiger partial charge on any atom is -0.238 e. The second-order valence-corrected chi connectivity index (χ2v) is 8.96. The fourth-order valence-electron chi connectivity index (χ4n) is 2.85. The summed E-state index contributed by atoms with van der Waals surface area (Å²) in [6.45, 7) is 4.12. The third-order valence-corrected chi connectivity index (χ3v) is 7.16. The van der Waals surface area contributed by atoms with E-state index in [2.05, 4.69) is 21.0 Å². The maximum Gasteiger partial charge on any atom is 0.244 e. The van der Waals surface area contributed by atoms with Crippen molar-refractivity contribution in [3.63, 3.8) is 0 Å². The lowest BCUT2D eigenvalue weighted by Gasteiger charge is -2.18. The van der Waals surface area contributed by atoms with E-state index >= 15 is 0 Å². The van der Waals surface area contributed by atoms with Crippen molar-refractivity contribution in [1.29, 1.82) is 0 Å². The summed E-state index contributed by atoms with van der Waals surface area (Å²) >= 11 is 3.33. The second-order valence-electron chi connectivity index (χ2n) is 6.09. The number of aryl methyl sites for hydroxylation is 1. The highest BCUT2D eigenvalue weighted by molar-refractivity contribution is 9.10. The van der Waals surface area contributed by atoms with Gasteiger partial charge in [-0.25, -0.2) is 13.1 Å². The zero-order chi connectivity index (χ0) is 18.9. The summed E-state index contributed by atoms with van der Waals surface area (Å²) in [5.41, 5.74) is 3.62. The van der Waals surface area contributed by atoms with Crippen LogP contribution in [0.4, 0.5) is 0 Å². The van der Waals surface area contributed by atoms with Crippen molar-refractivity contribution >= 4 is 26.0 Å². The molecule has 0 saturated carbocycles. The molecule has 3 aromatic rings. The smallest absolute Gasteiger partial charge is 0.238 e. The van der Waals surface area contributed by atoms with Crippen LogP contribution < -0.4 is 0 Å². The van der Waals surface area contributed by atoms with Crippen molar-refractivity contribution in [3.05, 3.63) is 76.0 Å². The Hall–Kier alpha value is -1.96. The molecule has 0 aliphatic rings. The van der Waals surface area contributed by atoms with Gasteiger partial charge in [-0.1, -0.05) is 30.3 Å². The fourth-order valence-corrected chi connectivity index (χ4v) is 4.95. The van der Waals surface area contributed by atoms with Gasteiger partial charge in [0.2, 0.25) is 10.0 Å². The number of benzene rings is 2. The number of aromatic nitrogens is 2. The molecule has 1 aromatic heterocycles. The van der Waals surface area contributed by atoms with Crippen LogP contribution in [-0.2, 0) is 16.6 Å². The summed E-state index contributed by atoms with van der Waals surface area (Å²) in [5.74, 6) is 0. The minimum absolute atomic E-state index is 0.258. The molecular weight excluding hydrogens is 414 g/mol. The van der Waals surface area contributed by atoms with Crippen LogP contribution in [0.1, 0.15) is 17.0 Å². The van der Waals surface area contributed by atoms with Crippen LogP contribution >= 0.6 is 15.9 Å². The lowest BCUT2D eigenvalue weighted by Crippen LogP contribution is -2.27. The normalized spacial score (nSPS) is 11.9. The molecule has 0 N–H and O–H groups in total. The van der Waals surface area contributed by atoms with E-state index in [-0.39, 0.29) is 11.4 Å². The Bertz CT molecular complexity index is 1030. The van der Waals surface area contributed by atoms with E-state index in [1.807, 2.05) is 48.9 Å². The van der Waals surface area contributed by atoms with Crippen molar-refractivity contribution in [2.75, 3.05) is 7.05 Å². The molecule has 0 atom stereocenters. The Labute approximate surface area is 162 Å². The summed E-state index contributed by atoms with van der Waals surface area (Å²) in [4.78, 5) is 0.258. The van der Waals surface area contributed by atoms with Crippen LogP contribution in [0.2, 0.25) is 0 Å². The summed E-state index contributed by atoms with van der Waals surface area (Å²) in [6, 6.07) is 16.7. The number of para-hydroxylation sites is 1. The van der Waals surface area contributed by atoms with E-state index in [0.29, 0.717) is 4.47 Å². The molecule has 1 heterocycles. The summed E-state index contributed by atoms with van der Waals surface area (Å²) in [6.07, 6.45) is 0. The number of rotatable bonds is 5. The Balaban J connectivity index is 1.95. The largest absolute Gasteiger partial charge is 0.244 e. The average Bonchev–Trinajstić information content (AvgIpc) is 2.91. The fraction of sp³-hybridized carbons (Fsp3) is 0.211. The van der Waals surface area contributed by atoms with Gasteiger partial charge in [-0.15, -0.1) is 0 Å². The Morgan fingerprint density at radius 1 is 1.04 bits per heavy atom. The molecule has 0 amide bonds. The summed E-state index contributed by atoms with van der Waals surface area (Å²) < 4.78 is 29.6. The summed E-state index contributed by atoms with van der Waals surface area (Å²) in [7, 11) is -2.02. The van der Waals surface area contributed by atoms with E-state index < -0.39 is 10.0 Å². The van der Waals surface area contributed by atoms with Crippen molar-refractivity contribution < 1.29 is 8.42 Å². The molecule has 0 aliphatic heterocycles. The Kier molecular flexibility index (Phi) is 5.32. The highest BCUT2D eigenvalue weighted by Gasteiger charge is 2.25. The maximum atomic E-state index is 12.9. The number of hydrogen-bond acceptors (Lipinski definition) is 3. The van der Waals surface area contributed by atoms with Gasteiger partial charge in [0.05, 0.1) is 16.3 Å². The van der Waals surface area contributed by atoms with Crippen molar-refractivity contribution in [2.24, 2.45) is 0 Å². The molecule has 5 nitrogen and oxygen atoms in total. The van der Waals surface area contributed by atoms with E-state index in [0.717, 1.165) is 22.6 Å². The molecule has 7 heteroatoms. The molecule has 0 saturated heterocycles. The van der Waals surface area contributed by atoms with Crippen LogP contribution in [0, 0.1) is 13.8 Å².